The quantitative estimate of drug-likeness (QED) is 0.839. The summed E-state index contributed by atoms with van der Waals surface area (Å²) in [5.41, 5.74) is 1.06. The van der Waals surface area contributed by atoms with E-state index in [0.717, 1.165) is 11.6 Å². The van der Waals surface area contributed by atoms with Crippen molar-refractivity contribution in [3.63, 3.8) is 0 Å². The zero-order valence-corrected chi connectivity index (χ0v) is 13.9. The molecule has 1 saturated heterocycles. The van der Waals surface area contributed by atoms with Crippen LogP contribution in [0.1, 0.15) is 44.8 Å². The van der Waals surface area contributed by atoms with Crippen LogP contribution in [0.15, 0.2) is 6.20 Å². The number of aryl methyl sites for hydroxylation is 1. The fourth-order valence-electron chi connectivity index (χ4n) is 3.08. The Hall–Kier alpha value is -1.07. The lowest BCUT2D eigenvalue weighted by atomic mass is 10.1. The first-order chi connectivity index (χ1) is 10.1. The Morgan fingerprint density at radius 2 is 2.14 bits per heavy atom. The highest BCUT2D eigenvalue weighted by Gasteiger charge is 2.21. The molecule has 1 fully saturated rings. The summed E-state index contributed by atoms with van der Waals surface area (Å²) >= 11 is 0. The number of ether oxygens (including phenoxy) is 1. The number of piperidine rings is 1. The Labute approximate surface area is 128 Å². The van der Waals surface area contributed by atoms with Gasteiger partial charge in [0.15, 0.2) is 0 Å². The zero-order chi connectivity index (χ0) is 15.2. The number of aromatic nitrogens is 2. The lowest BCUT2D eigenvalue weighted by molar-refractivity contribution is 0.162. The molecule has 120 valence electrons. The number of imidazole rings is 1. The molecule has 2 heterocycles. The number of hydrogen-bond acceptors (Lipinski definition) is 4. The maximum atomic E-state index is 5.27. The third kappa shape index (κ3) is 4.45. The number of nitrogens with zero attached hydrogens (tertiary/aromatic N) is 3. The van der Waals surface area contributed by atoms with Crippen LogP contribution >= 0.6 is 0 Å². The summed E-state index contributed by atoms with van der Waals surface area (Å²) in [5.74, 6) is 0.992. The molecule has 0 spiro atoms. The lowest BCUT2D eigenvalue weighted by Crippen LogP contribution is -2.39. The molecule has 1 aromatic heterocycles. The van der Waals surface area contributed by atoms with Gasteiger partial charge in [0, 0.05) is 32.4 Å². The number of rotatable bonds is 7. The van der Waals surface area contributed by atoms with Crippen molar-refractivity contribution in [1.82, 2.24) is 14.5 Å². The van der Waals surface area contributed by atoms with E-state index in [2.05, 4.69) is 39.8 Å². The van der Waals surface area contributed by atoms with Crippen molar-refractivity contribution < 1.29 is 4.74 Å². The van der Waals surface area contributed by atoms with E-state index < -0.39 is 0 Å². The van der Waals surface area contributed by atoms with Crippen LogP contribution in [0.5, 0.6) is 0 Å². The first-order valence-corrected chi connectivity index (χ1v) is 8.17. The SMILES string of the molecule is CCCN1CCC(Nc2nc(C)cn2C(C)COC)CC1. The highest BCUT2D eigenvalue weighted by Crippen LogP contribution is 2.20. The topological polar surface area (TPSA) is 42.3 Å². The Bertz CT molecular complexity index is 424. The van der Waals surface area contributed by atoms with Gasteiger partial charge in [-0.1, -0.05) is 6.92 Å². The summed E-state index contributed by atoms with van der Waals surface area (Å²) in [4.78, 5) is 7.21. The van der Waals surface area contributed by atoms with Gasteiger partial charge >= 0.3 is 0 Å². The highest BCUT2D eigenvalue weighted by molar-refractivity contribution is 5.31. The molecule has 21 heavy (non-hydrogen) atoms. The van der Waals surface area contributed by atoms with Crippen LogP contribution in [0.4, 0.5) is 5.95 Å². The van der Waals surface area contributed by atoms with Crippen molar-refractivity contribution in [3.8, 4) is 0 Å². The van der Waals surface area contributed by atoms with Gasteiger partial charge in [-0.2, -0.15) is 0 Å². The average molecular weight is 294 g/mol. The van der Waals surface area contributed by atoms with E-state index in [0.29, 0.717) is 18.7 Å². The first-order valence-electron chi connectivity index (χ1n) is 8.17. The Kier molecular flexibility index (Phi) is 6.06. The van der Waals surface area contributed by atoms with E-state index in [-0.39, 0.29) is 0 Å². The van der Waals surface area contributed by atoms with Crippen LogP contribution in [-0.4, -0.2) is 53.8 Å². The second-order valence-corrected chi connectivity index (χ2v) is 6.18. The number of anilines is 1. The Balaban J connectivity index is 1.94. The molecule has 1 aliphatic rings. The zero-order valence-electron chi connectivity index (χ0n) is 13.9. The summed E-state index contributed by atoms with van der Waals surface area (Å²) in [5, 5.41) is 3.64. The van der Waals surface area contributed by atoms with Gasteiger partial charge in [0.05, 0.1) is 18.3 Å². The highest BCUT2D eigenvalue weighted by atomic mass is 16.5. The van der Waals surface area contributed by atoms with E-state index in [1.807, 2.05) is 6.92 Å². The van der Waals surface area contributed by atoms with Gasteiger partial charge in [0.2, 0.25) is 5.95 Å². The van der Waals surface area contributed by atoms with Gasteiger partial charge in [-0.15, -0.1) is 0 Å². The molecular weight excluding hydrogens is 264 g/mol. The molecule has 0 radical (unpaired) electrons. The summed E-state index contributed by atoms with van der Waals surface area (Å²) in [7, 11) is 1.75. The second-order valence-electron chi connectivity index (χ2n) is 6.18. The molecule has 1 unspecified atom stereocenters. The molecule has 0 aliphatic carbocycles. The Morgan fingerprint density at radius 3 is 2.76 bits per heavy atom. The standard InChI is InChI=1S/C16H30N4O/c1-5-8-19-9-6-15(7-10-19)18-16-17-13(2)11-20(16)14(3)12-21-4/h11,14-15H,5-10,12H2,1-4H3,(H,17,18). The summed E-state index contributed by atoms with van der Waals surface area (Å²) in [6, 6.07) is 0.840. The lowest BCUT2D eigenvalue weighted by Gasteiger charge is -2.32. The number of likely N-dealkylation sites (tertiary alicyclic amines) is 1. The van der Waals surface area contributed by atoms with Gasteiger partial charge in [-0.3, -0.25) is 0 Å². The minimum absolute atomic E-state index is 0.305. The van der Waals surface area contributed by atoms with E-state index in [1.54, 1.807) is 7.11 Å². The minimum Gasteiger partial charge on any atom is -0.383 e. The van der Waals surface area contributed by atoms with Crippen LogP contribution in [0, 0.1) is 6.92 Å². The third-order valence-electron chi connectivity index (χ3n) is 4.20. The van der Waals surface area contributed by atoms with Crippen molar-refractivity contribution in [3.05, 3.63) is 11.9 Å². The van der Waals surface area contributed by atoms with Crippen molar-refractivity contribution in [2.75, 3.05) is 38.7 Å². The van der Waals surface area contributed by atoms with Gasteiger partial charge in [0.1, 0.15) is 0 Å². The summed E-state index contributed by atoms with van der Waals surface area (Å²) in [6.07, 6.45) is 5.75. The maximum Gasteiger partial charge on any atom is 0.203 e. The predicted octanol–water partition coefficient (Wildman–Crippen LogP) is 2.69. The van der Waals surface area contributed by atoms with Gasteiger partial charge in [-0.25, -0.2) is 4.98 Å². The Morgan fingerprint density at radius 1 is 1.43 bits per heavy atom. The fourth-order valence-corrected chi connectivity index (χ4v) is 3.08. The largest absolute Gasteiger partial charge is 0.383 e. The molecule has 0 saturated carbocycles. The number of hydrogen-bond donors (Lipinski definition) is 1. The van der Waals surface area contributed by atoms with E-state index in [1.165, 1.54) is 38.9 Å². The summed E-state index contributed by atoms with van der Waals surface area (Å²) < 4.78 is 7.48. The maximum absolute atomic E-state index is 5.27. The van der Waals surface area contributed by atoms with Crippen molar-refractivity contribution in [2.45, 2.75) is 52.1 Å². The van der Waals surface area contributed by atoms with E-state index in [4.69, 9.17) is 4.74 Å². The van der Waals surface area contributed by atoms with Gasteiger partial charge < -0.3 is 19.5 Å². The predicted molar refractivity (Wildman–Crippen MR) is 86.9 cm³/mol. The normalized spacial score (nSPS) is 18.9. The van der Waals surface area contributed by atoms with Crippen LogP contribution in [0.2, 0.25) is 0 Å². The summed E-state index contributed by atoms with van der Waals surface area (Å²) in [6.45, 7) is 10.8. The average Bonchev–Trinajstić information content (AvgIpc) is 2.82. The number of nitrogens with one attached hydrogen (secondary N) is 1. The molecule has 1 aliphatic heterocycles. The molecule has 1 N–H and O–H groups in total. The molecular formula is C16H30N4O. The van der Waals surface area contributed by atoms with Gasteiger partial charge in [-0.05, 0) is 39.7 Å². The molecule has 5 heteroatoms. The number of methoxy groups -OCH3 is 1. The third-order valence-corrected chi connectivity index (χ3v) is 4.20. The van der Waals surface area contributed by atoms with Crippen molar-refractivity contribution in [1.29, 1.82) is 0 Å². The smallest absolute Gasteiger partial charge is 0.203 e. The molecule has 0 amide bonds. The van der Waals surface area contributed by atoms with E-state index in [9.17, 15) is 0 Å². The molecule has 1 aromatic rings. The molecule has 2 rings (SSSR count). The van der Waals surface area contributed by atoms with Crippen LogP contribution in [0.25, 0.3) is 0 Å². The van der Waals surface area contributed by atoms with Crippen molar-refractivity contribution in [2.24, 2.45) is 0 Å². The molecule has 0 bridgehead atoms. The fraction of sp³-hybridized carbons (Fsp3) is 0.812. The van der Waals surface area contributed by atoms with E-state index >= 15 is 0 Å². The minimum atomic E-state index is 0.305. The van der Waals surface area contributed by atoms with Crippen molar-refractivity contribution >= 4 is 5.95 Å². The monoisotopic (exact) mass is 294 g/mol. The molecule has 0 aromatic carbocycles. The van der Waals surface area contributed by atoms with Crippen LogP contribution in [-0.2, 0) is 4.74 Å². The second kappa shape index (κ2) is 7.80. The van der Waals surface area contributed by atoms with Crippen LogP contribution < -0.4 is 5.32 Å². The van der Waals surface area contributed by atoms with Crippen LogP contribution in [0.3, 0.4) is 0 Å². The molecule has 1 atom stereocenters. The first kappa shape index (κ1) is 16.3. The van der Waals surface area contributed by atoms with Gasteiger partial charge in [0.25, 0.3) is 0 Å². The molecule has 5 nitrogen and oxygen atoms in total.